The van der Waals surface area contributed by atoms with Crippen molar-refractivity contribution < 1.29 is 0 Å². The van der Waals surface area contributed by atoms with Crippen LogP contribution in [0.1, 0.15) is 11.1 Å². The van der Waals surface area contributed by atoms with Crippen LogP contribution in [0.15, 0.2) is 46.4 Å². The Morgan fingerprint density at radius 1 is 0.591 bits per heavy atom. The number of nitrogens with zero attached hydrogens (tertiary/aromatic N) is 2. The number of hydrogen-bond donors (Lipinski definition) is 0. The van der Waals surface area contributed by atoms with Gasteiger partial charge in [0.05, 0.1) is 13.1 Å². The molecule has 0 spiro atoms. The third-order valence-corrected chi connectivity index (χ3v) is 3.48. The van der Waals surface area contributed by atoms with Crippen LogP contribution in [0.3, 0.4) is 0 Å². The van der Waals surface area contributed by atoms with Crippen LogP contribution in [0.2, 0.25) is 20.1 Å². The largest absolute Gasteiger partial charge is 0.291 e. The molecular formula is C16H12Cl4N2. The molecule has 0 fully saturated rings. The van der Waals surface area contributed by atoms with Gasteiger partial charge in [-0.1, -0.05) is 46.4 Å². The standard InChI is InChI=1S/C16H12Cl4N2/c17-13-3-11(4-14(18)7-13)9-21-1-2-22-10-12-5-15(19)8-16(20)6-12/h3-10H,1-2H2. The molecule has 0 amide bonds. The fourth-order valence-corrected chi connectivity index (χ4v) is 2.84. The second-order valence-corrected chi connectivity index (χ2v) is 6.22. The maximum absolute atomic E-state index is 5.91. The Bertz CT molecular complexity index is 609. The van der Waals surface area contributed by atoms with Crippen molar-refractivity contribution in [3.63, 3.8) is 0 Å². The Morgan fingerprint density at radius 3 is 1.23 bits per heavy atom. The maximum atomic E-state index is 5.91. The highest BCUT2D eigenvalue weighted by molar-refractivity contribution is 6.35. The Balaban J connectivity index is 1.86. The van der Waals surface area contributed by atoms with Gasteiger partial charge >= 0.3 is 0 Å². The molecule has 2 aromatic carbocycles. The van der Waals surface area contributed by atoms with Crippen LogP contribution >= 0.6 is 46.4 Å². The van der Waals surface area contributed by atoms with Gasteiger partial charge in [-0.25, -0.2) is 0 Å². The Labute approximate surface area is 149 Å². The molecule has 0 radical (unpaired) electrons. The van der Waals surface area contributed by atoms with Crippen LogP contribution in [0.5, 0.6) is 0 Å². The number of benzene rings is 2. The average molecular weight is 374 g/mol. The summed E-state index contributed by atoms with van der Waals surface area (Å²) >= 11 is 23.7. The molecule has 22 heavy (non-hydrogen) atoms. The van der Waals surface area contributed by atoms with Crippen molar-refractivity contribution >= 4 is 58.8 Å². The number of hydrogen-bond acceptors (Lipinski definition) is 2. The van der Waals surface area contributed by atoms with Gasteiger partial charge in [0.15, 0.2) is 0 Å². The van der Waals surface area contributed by atoms with Crippen LogP contribution in [0.4, 0.5) is 0 Å². The van der Waals surface area contributed by atoms with E-state index >= 15 is 0 Å². The minimum absolute atomic E-state index is 0.564. The molecule has 6 heteroatoms. The minimum Gasteiger partial charge on any atom is -0.291 e. The molecule has 2 nitrogen and oxygen atoms in total. The van der Waals surface area contributed by atoms with Gasteiger partial charge in [-0.3, -0.25) is 9.98 Å². The molecule has 0 bridgehead atoms. The third-order valence-electron chi connectivity index (χ3n) is 2.61. The van der Waals surface area contributed by atoms with E-state index in [1.807, 2.05) is 0 Å². The van der Waals surface area contributed by atoms with Crippen LogP contribution in [0.25, 0.3) is 0 Å². The molecular weight excluding hydrogens is 362 g/mol. The summed E-state index contributed by atoms with van der Waals surface area (Å²) in [6, 6.07) is 10.6. The highest BCUT2D eigenvalue weighted by Crippen LogP contribution is 2.18. The van der Waals surface area contributed by atoms with Crippen molar-refractivity contribution in [2.75, 3.05) is 13.1 Å². The number of aliphatic imine (C=N–C) groups is 2. The first-order chi connectivity index (χ1) is 10.5. The van der Waals surface area contributed by atoms with Gasteiger partial charge in [0.25, 0.3) is 0 Å². The topological polar surface area (TPSA) is 24.7 Å². The number of rotatable bonds is 5. The summed E-state index contributed by atoms with van der Waals surface area (Å²) in [6.45, 7) is 1.13. The van der Waals surface area contributed by atoms with Crippen LogP contribution in [-0.2, 0) is 0 Å². The molecule has 2 aromatic rings. The first kappa shape index (κ1) is 17.3. The van der Waals surface area contributed by atoms with Gasteiger partial charge in [0, 0.05) is 32.5 Å². The highest BCUT2D eigenvalue weighted by Gasteiger charge is 1.96. The van der Waals surface area contributed by atoms with Gasteiger partial charge in [0.1, 0.15) is 0 Å². The molecule has 0 N–H and O–H groups in total. The van der Waals surface area contributed by atoms with E-state index < -0.39 is 0 Å². The van der Waals surface area contributed by atoms with E-state index in [0.29, 0.717) is 33.2 Å². The zero-order valence-corrected chi connectivity index (χ0v) is 14.5. The SMILES string of the molecule is Clc1cc(Cl)cc(C=NCCN=Cc2cc(Cl)cc(Cl)c2)c1. The second-order valence-electron chi connectivity index (χ2n) is 4.48. The van der Waals surface area contributed by atoms with Gasteiger partial charge in [-0.15, -0.1) is 0 Å². The molecule has 0 saturated heterocycles. The number of halogens is 4. The molecule has 0 unspecified atom stereocenters. The van der Waals surface area contributed by atoms with E-state index in [1.54, 1.807) is 48.8 Å². The summed E-state index contributed by atoms with van der Waals surface area (Å²) in [4.78, 5) is 8.56. The van der Waals surface area contributed by atoms with Crippen molar-refractivity contribution in [2.24, 2.45) is 9.98 Å². The fourth-order valence-electron chi connectivity index (χ4n) is 1.75. The van der Waals surface area contributed by atoms with Crippen molar-refractivity contribution in [1.29, 1.82) is 0 Å². The lowest BCUT2D eigenvalue weighted by Crippen LogP contribution is -1.91. The lowest BCUT2D eigenvalue weighted by molar-refractivity contribution is 0.985. The zero-order chi connectivity index (χ0) is 15.9. The Kier molecular flexibility index (Phi) is 6.71. The van der Waals surface area contributed by atoms with Crippen molar-refractivity contribution in [3.05, 3.63) is 67.6 Å². The van der Waals surface area contributed by atoms with Gasteiger partial charge < -0.3 is 0 Å². The normalized spacial score (nSPS) is 11.6. The molecule has 2 rings (SSSR count). The van der Waals surface area contributed by atoms with Gasteiger partial charge in [-0.2, -0.15) is 0 Å². The van der Waals surface area contributed by atoms with E-state index in [-0.39, 0.29) is 0 Å². The smallest absolute Gasteiger partial charge is 0.0585 e. The molecule has 0 saturated carbocycles. The van der Waals surface area contributed by atoms with Crippen LogP contribution in [-0.4, -0.2) is 25.5 Å². The lowest BCUT2D eigenvalue weighted by atomic mass is 10.2. The molecule has 114 valence electrons. The van der Waals surface area contributed by atoms with E-state index in [0.717, 1.165) is 11.1 Å². The quantitative estimate of drug-likeness (QED) is 0.464. The third kappa shape index (κ3) is 5.98. The molecule has 0 aromatic heterocycles. The summed E-state index contributed by atoms with van der Waals surface area (Å²) in [5.74, 6) is 0. The van der Waals surface area contributed by atoms with E-state index in [2.05, 4.69) is 9.98 Å². The van der Waals surface area contributed by atoms with E-state index in [4.69, 9.17) is 46.4 Å². The first-order valence-electron chi connectivity index (χ1n) is 6.45. The average Bonchev–Trinajstić information content (AvgIpc) is 2.40. The van der Waals surface area contributed by atoms with E-state index in [9.17, 15) is 0 Å². The molecule has 0 aliphatic rings. The Morgan fingerprint density at radius 2 is 0.909 bits per heavy atom. The van der Waals surface area contributed by atoms with E-state index in [1.165, 1.54) is 0 Å². The molecule has 0 aliphatic heterocycles. The first-order valence-corrected chi connectivity index (χ1v) is 7.96. The van der Waals surface area contributed by atoms with Gasteiger partial charge in [0.2, 0.25) is 0 Å². The monoisotopic (exact) mass is 372 g/mol. The van der Waals surface area contributed by atoms with Crippen LogP contribution < -0.4 is 0 Å². The summed E-state index contributed by atoms with van der Waals surface area (Å²) in [7, 11) is 0. The molecule has 0 atom stereocenters. The molecule has 0 heterocycles. The second kappa shape index (κ2) is 8.54. The summed E-state index contributed by atoms with van der Waals surface area (Å²) in [5.41, 5.74) is 1.73. The summed E-state index contributed by atoms with van der Waals surface area (Å²) < 4.78 is 0. The minimum atomic E-state index is 0.564. The predicted molar refractivity (Wildman–Crippen MR) is 97.8 cm³/mol. The predicted octanol–water partition coefficient (Wildman–Crippen LogP) is 5.84. The Hall–Kier alpha value is -1.06. The highest BCUT2D eigenvalue weighted by atomic mass is 35.5. The maximum Gasteiger partial charge on any atom is 0.0585 e. The van der Waals surface area contributed by atoms with Crippen LogP contribution in [0, 0.1) is 0 Å². The summed E-state index contributed by atoms with van der Waals surface area (Å²) in [6.07, 6.45) is 3.45. The van der Waals surface area contributed by atoms with Crippen molar-refractivity contribution in [2.45, 2.75) is 0 Å². The molecule has 0 aliphatic carbocycles. The zero-order valence-electron chi connectivity index (χ0n) is 11.4. The fraction of sp³-hybridized carbons (Fsp3) is 0.125. The lowest BCUT2D eigenvalue weighted by Gasteiger charge is -1.97. The van der Waals surface area contributed by atoms with Crippen molar-refractivity contribution in [1.82, 2.24) is 0 Å². The summed E-state index contributed by atoms with van der Waals surface area (Å²) in [5, 5.41) is 2.35. The van der Waals surface area contributed by atoms with Crippen molar-refractivity contribution in [3.8, 4) is 0 Å². The van der Waals surface area contributed by atoms with Gasteiger partial charge in [-0.05, 0) is 47.5 Å².